The quantitative estimate of drug-likeness (QED) is 0.791. The molecule has 0 aliphatic carbocycles. The Kier molecular flexibility index (Phi) is 5.08. The van der Waals surface area contributed by atoms with Crippen molar-refractivity contribution in [3.05, 3.63) is 28.8 Å². The van der Waals surface area contributed by atoms with E-state index >= 15 is 0 Å². The lowest BCUT2D eigenvalue weighted by Gasteiger charge is -2.12. The van der Waals surface area contributed by atoms with E-state index in [0.29, 0.717) is 17.3 Å². The highest BCUT2D eigenvalue weighted by atomic mass is 35.5. The van der Waals surface area contributed by atoms with E-state index in [1.54, 1.807) is 18.2 Å². The Morgan fingerprint density at radius 3 is 2.94 bits per heavy atom. The lowest BCUT2D eigenvalue weighted by molar-refractivity contribution is -0.119. The molecule has 0 spiro atoms. The third-order valence-electron chi connectivity index (χ3n) is 2.00. The van der Waals surface area contributed by atoms with Gasteiger partial charge in [-0.2, -0.15) is 0 Å². The monoisotopic (exact) mass is 242 g/mol. The second kappa shape index (κ2) is 6.35. The molecule has 0 radical (unpaired) electrons. The molecule has 1 aromatic rings. The first-order valence-corrected chi connectivity index (χ1v) is 5.42. The number of rotatable bonds is 6. The fourth-order valence-corrected chi connectivity index (χ4v) is 1.48. The molecule has 0 saturated heterocycles. The maximum Gasteiger partial charge on any atom is 0.255 e. The van der Waals surface area contributed by atoms with Gasteiger partial charge in [-0.1, -0.05) is 24.6 Å². The van der Waals surface area contributed by atoms with Gasteiger partial charge in [-0.05, 0) is 18.7 Å². The van der Waals surface area contributed by atoms with Gasteiger partial charge in [-0.25, -0.2) is 0 Å². The van der Waals surface area contributed by atoms with Crippen LogP contribution in [-0.4, -0.2) is 19.1 Å². The van der Waals surface area contributed by atoms with Crippen molar-refractivity contribution >= 4 is 17.5 Å². The fraction of sp³-hybridized carbons (Fsp3) is 0.364. The molecule has 0 heterocycles. The van der Waals surface area contributed by atoms with Crippen LogP contribution in [0.25, 0.3) is 0 Å². The Balaban J connectivity index is 2.80. The van der Waals surface area contributed by atoms with Crippen LogP contribution in [0.2, 0.25) is 5.02 Å². The lowest BCUT2D eigenvalue weighted by Crippen LogP contribution is -2.21. The zero-order chi connectivity index (χ0) is 12.0. The molecule has 88 valence electrons. The van der Waals surface area contributed by atoms with Crippen LogP contribution in [0.1, 0.15) is 12.5 Å². The van der Waals surface area contributed by atoms with Crippen LogP contribution < -0.4 is 15.8 Å². The molecule has 0 fully saturated rings. The third kappa shape index (κ3) is 3.72. The fourth-order valence-electron chi connectivity index (χ4n) is 1.24. The van der Waals surface area contributed by atoms with Crippen molar-refractivity contribution in [2.24, 2.45) is 5.73 Å². The van der Waals surface area contributed by atoms with Crippen LogP contribution in [0.15, 0.2) is 18.2 Å². The molecule has 4 nitrogen and oxygen atoms in total. The van der Waals surface area contributed by atoms with Crippen LogP contribution in [0, 0.1) is 0 Å². The summed E-state index contributed by atoms with van der Waals surface area (Å²) in [5.41, 5.74) is 5.86. The van der Waals surface area contributed by atoms with Crippen molar-refractivity contribution < 1.29 is 9.53 Å². The normalized spacial score (nSPS) is 10.1. The summed E-state index contributed by atoms with van der Waals surface area (Å²) in [5, 5.41) is 3.77. The Morgan fingerprint density at radius 1 is 1.56 bits per heavy atom. The number of nitrogens with two attached hydrogens (primary N) is 1. The van der Waals surface area contributed by atoms with Crippen LogP contribution in [0.4, 0.5) is 0 Å². The molecule has 1 rings (SSSR count). The maximum atomic E-state index is 10.6. The Morgan fingerprint density at radius 2 is 2.31 bits per heavy atom. The van der Waals surface area contributed by atoms with Crippen molar-refractivity contribution in [3.63, 3.8) is 0 Å². The van der Waals surface area contributed by atoms with Gasteiger partial charge in [0, 0.05) is 17.1 Å². The minimum Gasteiger partial charge on any atom is -0.483 e. The number of benzene rings is 1. The zero-order valence-electron chi connectivity index (χ0n) is 9.13. The first kappa shape index (κ1) is 12.8. The van der Waals surface area contributed by atoms with Gasteiger partial charge in [-0.15, -0.1) is 0 Å². The molecule has 1 aromatic carbocycles. The van der Waals surface area contributed by atoms with Gasteiger partial charge in [0.2, 0.25) is 0 Å². The van der Waals surface area contributed by atoms with Gasteiger partial charge in [0.1, 0.15) is 5.75 Å². The number of amides is 1. The molecule has 0 atom stereocenters. The SMILES string of the molecule is CCNCc1c(Cl)cccc1OCC(N)=O. The molecular formula is C11H15ClN2O2. The molecule has 0 saturated carbocycles. The van der Waals surface area contributed by atoms with Gasteiger partial charge < -0.3 is 15.8 Å². The van der Waals surface area contributed by atoms with Gasteiger partial charge in [-0.3, -0.25) is 4.79 Å². The minimum atomic E-state index is -0.505. The number of primary amides is 1. The van der Waals surface area contributed by atoms with Gasteiger partial charge in [0.25, 0.3) is 5.91 Å². The predicted molar refractivity (Wildman–Crippen MR) is 63.5 cm³/mol. The first-order valence-electron chi connectivity index (χ1n) is 5.04. The molecule has 16 heavy (non-hydrogen) atoms. The highest BCUT2D eigenvalue weighted by molar-refractivity contribution is 6.31. The van der Waals surface area contributed by atoms with E-state index in [1.807, 2.05) is 6.92 Å². The summed E-state index contributed by atoms with van der Waals surface area (Å²) < 4.78 is 5.28. The molecule has 5 heteroatoms. The average Bonchev–Trinajstić information content (AvgIpc) is 2.25. The maximum absolute atomic E-state index is 10.6. The summed E-state index contributed by atoms with van der Waals surface area (Å²) in [6.45, 7) is 3.30. The highest BCUT2D eigenvalue weighted by Crippen LogP contribution is 2.26. The number of hydrogen-bond donors (Lipinski definition) is 2. The third-order valence-corrected chi connectivity index (χ3v) is 2.35. The average molecular weight is 243 g/mol. The minimum absolute atomic E-state index is 0.139. The molecule has 0 unspecified atom stereocenters. The zero-order valence-corrected chi connectivity index (χ0v) is 9.88. The standard InChI is InChI=1S/C11H15ClN2O2/c1-2-14-6-8-9(12)4-3-5-10(8)16-7-11(13)15/h3-5,14H,2,6-7H2,1H3,(H2,13,15). The molecule has 0 aliphatic heterocycles. The van der Waals surface area contributed by atoms with Gasteiger partial charge in [0.15, 0.2) is 6.61 Å². The summed E-state index contributed by atoms with van der Waals surface area (Å²) in [6.07, 6.45) is 0. The number of carbonyl (C=O) groups excluding carboxylic acids is 1. The molecular weight excluding hydrogens is 228 g/mol. The lowest BCUT2D eigenvalue weighted by atomic mass is 10.2. The van der Waals surface area contributed by atoms with Crippen LogP contribution in [0.3, 0.4) is 0 Å². The number of ether oxygens (including phenoxy) is 1. The van der Waals surface area contributed by atoms with E-state index in [4.69, 9.17) is 22.1 Å². The second-order valence-corrected chi connectivity index (χ2v) is 3.66. The van der Waals surface area contributed by atoms with E-state index in [0.717, 1.165) is 12.1 Å². The number of halogens is 1. The Labute approximate surface area is 99.7 Å². The van der Waals surface area contributed by atoms with E-state index < -0.39 is 5.91 Å². The summed E-state index contributed by atoms with van der Waals surface area (Å²) in [5.74, 6) is 0.0848. The van der Waals surface area contributed by atoms with Gasteiger partial charge >= 0.3 is 0 Å². The number of hydrogen-bond acceptors (Lipinski definition) is 3. The first-order chi connectivity index (χ1) is 7.65. The molecule has 3 N–H and O–H groups in total. The number of carbonyl (C=O) groups is 1. The predicted octanol–water partition coefficient (Wildman–Crippen LogP) is 1.31. The van der Waals surface area contributed by atoms with Crippen LogP contribution in [-0.2, 0) is 11.3 Å². The van der Waals surface area contributed by atoms with Gasteiger partial charge in [0.05, 0.1) is 0 Å². The largest absolute Gasteiger partial charge is 0.483 e. The van der Waals surface area contributed by atoms with E-state index in [-0.39, 0.29) is 6.61 Å². The Hall–Kier alpha value is -1.26. The number of nitrogens with one attached hydrogen (secondary N) is 1. The van der Waals surface area contributed by atoms with Crippen molar-refractivity contribution in [3.8, 4) is 5.75 Å². The van der Waals surface area contributed by atoms with Crippen molar-refractivity contribution in [2.75, 3.05) is 13.2 Å². The molecule has 0 aromatic heterocycles. The molecule has 1 amide bonds. The summed E-state index contributed by atoms with van der Waals surface area (Å²) in [4.78, 5) is 10.6. The van der Waals surface area contributed by atoms with Crippen LogP contribution >= 0.6 is 11.6 Å². The summed E-state index contributed by atoms with van der Waals surface area (Å²) in [6, 6.07) is 5.32. The van der Waals surface area contributed by atoms with E-state index in [9.17, 15) is 4.79 Å². The van der Waals surface area contributed by atoms with Crippen LogP contribution in [0.5, 0.6) is 5.75 Å². The highest BCUT2D eigenvalue weighted by Gasteiger charge is 2.08. The smallest absolute Gasteiger partial charge is 0.255 e. The van der Waals surface area contributed by atoms with Crippen molar-refractivity contribution in [2.45, 2.75) is 13.5 Å². The van der Waals surface area contributed by atoms with E-state index in [1.165, 1.54) is 0 Å². The van der Waals surface area contributed by atoms with Crippen molar-refractivity contribution in [1.82, 2.24) is 5.32 Å². The topological polar surface area (TPSA) is 64.3 Å². The molecule has 0 bridgehead atoms. The van der Waals surface area contributed by atoms with Crippen molar-refractivity contribution in [1.29, 1.82) is 0 Å². The Bertz CT molecular complexity index is 369. The summed E-state index contributed by atoms with van der Waals surface area (Å²) >= 11 is 6.04. The summed E-state index contributed by atoms with van der Waals surface area (Å²) in [7, 11) is 0. The molecule has 0 aliphatic rings. The van der Waals surface area contributed by atoms with E-state index in [2.05, 4.69) is 5.32 Å². The second-order valence-electron chi connectivity index (χ2n) is 3.25.